The number of nitrogens with two attached hydrogens (primary N) is 1. The fourth-order valence-electron chi connectivity index (χ4n) is 4.08. The number of hydrazine groups is 1. The zero-order chi connectivity index (χ0) is 24.1. The molecule has 0 aliphatic rings. The molecule has 5 aromatic rings. The van der Waals surface area contributed by atoms with Crippen molar-refractivity contribution in [3.05, 3.63) is 59.6 Å². The van der Waals surface area contributed by atoms with E-state index in [9.17, 15) is 9.59 Å². The Morgan fingerprint density at radius 3 is 2.62 bits per heavy atom. The number of pyridine rings is 1. The molecule has 172 valence electrons. The number of oxazole rings is 1. The van der Waals surface area contributed by atoms with Gasteiger partial charge in [-0.1, -0.05) is 6.07 Å². The highest BCUT2D eigenvalue weighted by atomic mass is 16.3. The topological polar surface area (TPSA) is 123 Å². The van der Waals surface area contributed by atoms with E-state index < -0.39 is 0 Å². The first-order chi connectivity index (χ1) is 16.2. The van der Waals surface area contributed by atoms with Gasteiger partial charge in [-0.25, -0.2) is 15.0 Å². The van der Waals surface area contributed by atoms with Crippen molar-refractivity contribution >= 4 is 50.5 Å². The number of fused-ring (bicyclic) bond motifs is 4. The van der Waals surface area contributed by atoms with Crippen molar-refractivity contribution in [2.24, 2.45) is 7.05 Å². The Morgan fingerprint density at radius 1 is 1.09 bits per heavy atom. The summed E-state index contributed by atoms with van der Waals surface area (Å²) in [5.41, 5.74) is 10.1. The van der Waals surface area contributed by atoms with Gasteiger partial charge < -0.3 is 10.2 Å². The molecular formula is C24H23N7O3. The number of hydrogen-bond donors (Lipinski definition) is 1. The summed E-state index contributed by atoms with van der Waals surface area (Å²) in [6.07, 6.45) is 1.66. The molecule has 0 unspecified atom stereocenters. The van der Waals surface area contributed by atoms with Gasteiger partial charge in [-0.15, -0.1) is 0 Å². The normalized spacial score (nSPS) is 11.4. The Labute approximate surface area is 194 Å². The minimum absolute atomic E-state index is 0.170. The maximum atomic E-state index is 13.7. The molecule has 0 spiro atoms. The van der Waals surface area contributed by atoms with Gasteiger partial charge in [-0.05, 0) is 35.9 Å². The van der Waals surface area contributed by atoms with Crippen LogP contribution >= 0.6 is 0 Å². The Balaban J connectivity index is 1.57. The number of hydrogen-bond acceptors (Lipinski definition) is 7. The second-order valence-electron chi connectivity index (χ2n) is 8.20. The fourth-order valence-corrected chi connectivity index (χ4v) is 4.08. The highest BCUT2D eigenvalue weighted by Crippen LogP contribution is 2.29. The summed E-state index contributed by atoms with van der Waals surface area (Å²) in [6.45, 7) is 3.36. The Kier molecular flexibility index (Phi) is 4.93. The van der Waals surface area contributed by atoms with Crippen molar-refractivity contribution in [2.45, 2.75) is 20.4 Å². The Bertz CT molecular complexity index is 1600. The van der Waals surface area contributed by atoms with E-state index >= 15 is 0 Å². The summed E-state index contributed by atoms with van der Waals surface area (Å²) in [6, 6.07) is 10.7. The van der Waals surface area contributed by atoms with Crippen LogP contribution < -0.4 is 5.73 Å². The minimum Gasteiger partial charge on any atom is -0.441 e. The first-order valence-electron chi connectivity index (χ1n) is 10.7. The standard InChI is InChI=1S/C24H23N7O3/c1-13-27-20-7-5-15(9-21(20)34-13)12-31(30(4)14(2)32)24(33)16-6-8-19-17(10-16)22-18(23(25)28-19)11-26-29(22)3/h5-11H,12H2,1-4H3,(H2,25,28). The lowest BCUT2D eigenvalue weighted by Crippen LogP contribution is -2.46. The van der Waals surface area contributed by atoms with Crippen LogP contribution in [0.3, 0.4) is 0 Å². The van der Waals surface area contributed by atoms with Crippen LogP contribution in [-0.4, -0.2) is 48.6 Å². The van der Waals surface area contributed by atoms with Crippen molar-refractivity contribution in [3.8, 4) is 0 Å². The number of benzene rings is 2. The van der Waals surface area contributed by atoms with Crippen LogP contribution in [0.25, 0.3) is 32.9 Å². The summed E-state index contributed by atoms with van der Waals surface area (Å²) in [4.78, 5) is 34.6. The molecule has 0 atom stereocenters. The lowest BCUT2D eigenvalue weighted by molar-refractivity contribution is -0.140. The average molecular weight is 457 g/mol. The number of carbonyl (C=O) groups excluding carboxylic acids is 2. The summed E-state index contributed by atoms with van der Waals surface area (Å²) in [7, 11) is 3.38. The number of aromatic nitrogens is 4. The number of rotatable bonds is 3. The predicted octanol–water partition coefficient (Wildman–Crippen LogP) is 3.19. The van der Waals surface area contributed by atoms with Crippen LogP contribution in [0.1, 0.15) is 28.7 Å². The molecule has 2 aromatic carbocycles. The van der Waals surface area contributed by atoms with Gasteiger partial charge in [0.1, 0.15) is 11.3 Å². The first kappa shape index (κ1) is 21.4. The molecule has 0 aliphatic heterocycles. The van der Waals surface area contributed by atoms with Gasteiger partial charge in [-0.2, -0.15) is 5.10 Å². The molecule has 0 radical (unpaired) electrons. The Morgan fingerprint density at radius 2 is 1.85 bits per heavy atom. The number of aryl methyl sites for hydroxylation is 2. The number of nitrogen functional groups attached to an aromatic ring is 1. The summed E-state index contributed by atoms with van der Waals surface area (Å²) in [5, 5.41) is 8.46. The average Bonchev–Trinajstić information content (AvgIpc) is 3.38. The quantitative estimate of drug-likeness (QED) is 0.413. The fraction of sp³-hybridized carbons (Fsp3) is 0.208. The molecule has 0 saturated heterocycles. The summed E-state index contributed by atoms with van der Waals surface area (Å²) < 4.78 is 7.33. The maximum Gasteiger partial charge on any atom is 0.272 e. The first-order valence-corrected chi connectivity index (χ1v) is 10.7. The molecule has 0 fully saturated rings. The highest BCUT2D eigenvalue weighted by molar-refractivity contribution is 6.10. The molecule has 2 amide bonds. The third-order valence-electron chi connectivity index (χ3n) is 5.90. The van der Waals surface area contributed by atoms with E-state index in [1.165, 1.54) is 16.9 Å². The van der Waals surface area contributed by atoms with Crippen LogP contribution in [-0.2, 0) is 18.4 Å². The third-order valence-corrected chi connectivity index (χ3v) is 5.90. The van der Waals surface area contributed by atoms with Gasteiger partial charge in [0.25, 0.3) is 5.91 Å². The van der Waals surface area contributed by atoms with Gasteiger partial charge in [0.15, 0.2) is 11.5 Å². The third kappa shape index (κ3) is 3.49. The van der Waals surface area contributed by atoms with Crippen molar-refractivity contribution in [1.29, 1.82) is 0 Å². The molecule has 3 aromatic heterocycles. The second-order valence-corrected chi connectivity index (χ2v) is 8.20. The molecule has 5 rings (SSSR count). The number of nitrogens with zero attached hydrogens (tertiary/aromatic N) is 6. The number of amides is 2. The monoisotopic (exact) mass is 457 g/mol. The minimum atomic E-state index is -0.333. The predicted molar refractivity (Wildman–Crippen MR) is 127 cm³/mol. The molecule has 10 nitrogen and oxygen atoms in total. The second kappa shape index (κ2) is 7.84. The molecule has 3 heterocycles. The molecule has 10 heteroatoms. The van der Waals surface area contributed by atoms with Gasteiger partial charge in [0.2, 0.25) is 5.91 Å². The maximum absolute atomic E-state index is 13.7. The molecule has 0 aliphatic carbocycles. The molecule has 34 heavy (non-hydrogen) atoms. The van der Waals surface area contributed by atoms with Crippen LogP contribution in [0.5, 0.6) is 0 Å². The van der Waals surface area contributed by atoms with E-state index in [-0.39, 0.29) is 18.4 Å². The number of anilines is 1. The lowest BCUT2D eigenvalue weighted by atomic mass is 10.1. The smallest absolute Gasteiger partial charge is 0.272 e. The lowest BCUT2D eigenvalue weighted by Gasteiger charge is -2.31. The molecule has 0 saturated carbocycles. The molecule has 2 N–H and O–H groups in total. The molecular weight excluding hydrogens is 434 g/mol. The van der Waals surface area contributed by atoms with Crippen LogP contribution in [0, 0.1) is 6.92 Å². The van der Waals surface area contributed by atoms with E-state index in [0.29, 0.717) is 33.8 Å². The van der Waals surface area contributed by atoms with Crippen LogP contribution in [0.2, 0.25) is 0 Å². The van der Waals surface area contributed by atoms with Crippen LogP contribution in [0.4, 0.5) is 5.82 Å². The van der Waals surface area contributed by atoms with Crippen molar-refractivity contribution < 1.29 is 14.0 Å². The largest absolute Gasteiger partial charge is 0.441 e. The van der Waals surface area contributed by atoms with Crippen LogP contribution in [0.15, 0.2) is 47.0 Å². The van der Waals surface area contributed by atoms with Gasteiger partial charge in [-0.3, -0.25) is 19.3 Å². The van der Waals surface area contributed by atoms with Gasteiger partial charge in [0, 0.05) is 38.9 Å². The SMILES string of the molecule is CC(=O)N(C)N(Cc1ccc2nc(C)oc2c1)C(=O)c1ccc2nc(N)c3cnn(C)c3c2c1. The van der Waals surface area contributed by atoms with E-state index in [1.807, 2.05) is 25.2 Å². The summed E-state index contributed by atoms with van der Waals surface area (Å²) >= 11 is 0. The molecule has 0 bridgehead atoms. The summed E-state index contributed by atoms with van der Waals surface area (Å²) in [5.74, 6) is 0.341. The Hall–Kier alpha value is -4.47. The van der Waals surface area contributed by atoms with Gasteiger partial charge >= 0.3 is 0 Å². The van der Waals surface area contributed by atoms with Crippen molar-refractivity contribution in [1.82, 2.24) is 29.8 Å². The zero-order valence-corrected chi connectivity index (χ0v) is 19.2. The van der Waals surface area contributed by atoms with E-state index in [0.717, 1.165) is 22.0 Å². The van der Waals surface area contributed by atoms with Crippen molar-refractivity contribution in [3.63, 3.8) is 0 Å². The number of carbonyl (C=O) groups is 2. The van der Waals surface area contributed by atoms with Gasteiger partial charge in [0.05, 0.1) is 29.2 Å². The zero-order valence-electron chi connectivity index (χ0n) is 19.2. The van der Waals surface area contributed by atoms with E-state index in [1.54, 1.807) is 43.0 Å². The highest BCUT2D eigenvalue weighted by Gasteiger charge is 2.24. The van der Waals surface area contributed by atoms with E-state index in [2.05, 4.69) is 15.1 Å². The van der Waals surface area contributed by atoms with Crippen molar-refractivity contribution in [2.75, 3.05) is 12.8 Å². The van der Waals surface area contributed by atoms with E-state index in [4.69, 9.17) is 10.2 Å².